The van der Waals surface area contributed by atoms with Gasteiger partial charge in [0.05, 0.1) is 22.7 Å². The molecule has 0 saturated heterocycles. The van der Waals surface area contributed by atoms with Gasteiger partial charge >= 0.3 is 6.18 Å². The molecule has 1 N–H and O–H groups in total. The summed E-state index contributed by atoms with van der Waals surface area (Å²) in [5, 5.41) is 2.43. The molecule has 0 spiro atoms. The molecule has 0 unspecified atom stereocenters. The van der Waals surface area contributed by atoms with E-state index in [9.17, 15) is 26.4 Å². The van der Waals surface area contributed by atoms with Crippen LogP contribution >= 0.6 is 23.2 Å². The molecule has 174 valence electrons. The minimum absolute atomic E-state index is 0.0609. The van der Waals surface area contributed by atoms with Crippen LogP contribution in [0.4, 0.5) is 18.9 Å². The van der Waals surface area contributed by atoms with Crippen LogP contribution < -0.4 is 5.32 Å². The molecule has 0 aromatic heterocycles. The van der Waals surface area contributed by atoms with E-state index in [1.54, 1.807) is 30.3 Å². The Hall–Kier alpha value is -2.59. The summed E-state index contributed by atoms with van der Waals surface area (Å²) in [4.78, 5) is 12.6. The van der Waals surface area contributed by atoms with E-state index >= 15 is 0 Å². The Labute approximate surface area is 198 Å². The van der Waals surface area contributed by atoms with E-state index < -0.39 is 39.9 Å². The van der Waals surface area contributed by atoms with Crippen LogP contribution in [-0.4, -0.2) is 25.2 Å². The fourth-order valence-electron chi connectivity index (χ4n) is 2.97. The zero-order chi connectivity index (χ0) is 24.2. The van der Waals surface area contributed by atoms with E-state index in [0.29, 0.717) is 16.7 Å². The van der Waals surface area contributed by atoms with Gasteiger partial charge in [-0.2, -0.15) is 17.5 Å². The fourth-order valence-corrected chi connectivity index (χ4v) is 4.67. The van der Waals surface area contributed by atoms with Crippen LogP contribution in [0.2, 0.25) is 10.0 Å². The average molecular weight is 517 g/mol. The molecule has 3 rings (SSSR count). The number of anilines is 1. The lowest BCUT2D eigenvalue weighted by Gasteiger charge is -2.22. The lowest BCUT2D eigenvalue weighted by atomic mass is 10.1. The molecule has 0 saturated carbocycles. The van der Waals surface area contributed by atoms with Gasteiger partial charge in [0, 0.05) is 16.6 Å². The molecule has 3 aromatic carbocycles. The molecule has 3 aromatic rings. The number of sulfonamides is 1. The molecule has 5 nitrogen and oxygen atoms in total. The standard InChI is InChI=1S/C22H17Cl2F3N2O3S/c23-16-8-6-15(7-9-16)13-29(33(31,32)18-4-2-1-3-5-18)14-21(30)28-20-11-10-17(24)12-19(20)22(25,26)27/h1-12H,13-14H2,(H,28,30). The largest absolute Gasteiger partial charge is 0.418 e. The van der Waals surface area contributed by atoms with Gasteiger partial charge in [-0.15, -0.1) is 0 Å². The second kappa shape index (κ2) is 10.1. The Balaban J connectivity index is 1.90. The fraction of sp³-hybridized carbons (Fsp3) is 0.136. The number of carbonyl (C=O) groups excluding carboxylic acids is 1. The maximum Gasteiger partial charge on any atom is 0.418 e. The van der Waals surface area contributed by atoms with Crippen molar-refractivity contribution in [2.75, 3.05) is 11.9 Å². The zero-order valence-corrected chi connectivity index (χ0v) is 19.1. The number of alkyl halides is 3. The highest BCUT2D eigenvalue weighted by molar-refractivity contribution is 7.89. The molecule has 33 heavy (non-hydrogen) atoms. The van der Waals surface area contributed by atoms with Crippen LogP contribution in [0, 0.1) is 0 Å². The molecule has 0 fully saturated rings. The van der Waals surface area contributed by atoms with Crippen LogP contribution in [0.1, 0.15) is 11.1 Å². The van der Waals surface area contributed by atoms with Crippen LogP contribution in [-0.2, 0) is 27.5 Å². The Kier molecular flexibility index (Phi) is 7.69. The summed E-state index contributed by atoms with van der Waals surface area (Å²) >= 11 is 11.5. The molecular weight excluding hydrogens is 500 g/mol. The average Bonchev–Trinajstić information content (AvgIpc) is 2.76. The highest BCUT2D eigenvalue weighted by Crippen LogP contribution is 2.36. The van der Waals surface area contributed by atoms with Crippen LogP contribution in [0.15, 0.2) is 77.7 Å². The second-order valence-electron chi connectivity index (χ2n) is 6.95. The summed E-state index contributed by atoms with van der Waals surface area (Å²) in [6.07, 6.45) is -4.77. The first kappa shape index (κ1) is 25.0. The second-order valence-corrected chi connectivity index (χ2v) is 9.76. The van der Waals surface area contributed by atoms with Gasteiger partial charge in [-0.3, -0.25) is 4.79 Å². The number of halogens is 5. The lowest BCUT2D eigenvalue weighted by molar-refractivity contribution is -0.137. The molecule has 0 radical (unpaired) electrons. The predicted molar refractivity (Wildman–Crippen MR) is 121 cm³/mol. The SMILES string of the molecule is O=C(CN(Cc1ccc(Cl)cc1)S(=O)(=O)c1ccccc1)Nc1ccc(Cl)cc1C(F)(F)F. The smallest absolute Gasteiger partial charge is 0.324 e. The molecule has 0 bridgehead atoms. The number of nitrogens with zero attached hydrogens (tertiary/aromatic N) is 1. The van der Waals surface area contributed by atoms with Gasteiger partial charge in [-0.25, -0.2) is 8.42 Å². The third-order valence-electron chi connectivity index (χ3n) is 4.53. The summed E-state index contributed by atoms with van der Waals surface area (Å²) < 4.78 is 67.3. The van der Waals surface area contributed by atoms with E-state index in [1.165, 1.54) is 30.3 Å². The van der Waals surface area contributed by atoms with Gasteiger partial charge < -0.3 is 5.32 Å². The molecule has 11 heteroatoms. The van der Waals surface area contributed by atoms with Crippen molar-refractivity contribution in [1.82, 2.24) is 4.31 Å². The van der Waals surface area contributed by atoms with E-state index in [-0.39, 0.29) is 16.5 Å². The van der Waals surface area contributed by atoms with Crippen molar-refractivity contribution >= 4 is 44.8 Å². The number of carbonyl (C=O) groups is 1. The lowest BCUT2D eigenvalue weighted by Crippen LogP contribution is -2.37. The third-order valence-corrected chi connectivity index (χ3v) is 6.83. The third kappa shape index (κ3) is 6.48. The Morgan fingerprint density at radius 2 is 1.52 bits per heavy atom. The molecule has 0 aliphatic carbocycles. The summed E-state index contributed by atoms with van der Waals surface area (Å²) in [5.41, 5.74) is -1.13. The summed E-state index contributed by atoms with van der Waals surface area (Å²) in [5.74, 6) is -0.948. The number of benzene rings is 3. The van der Waals surface area contributed by atoms with E-state index in [4.69, 9.17) is 23.2 Å². The van der Waals surface area contributed by atoms with E-state index in [0.717, 1.165) is 10.4 Å². The van der Waals surface area contributed by atoms with Crippen molar-refractivity contribution < 1.29 is 26.4 Å². The summed E-state index contributed by atoms with van der Waals surface area (Å²) in [7, 11) is -4.15. The van der Waals surface area contributed by atoms with Crippen molar-refractivity contribution in [2.24, 2.45) is 0 Å². The van der Waals surface area contributed by atoms with Gasteiger partial charge in [0.15, 0.2) is 0 Å². The highest BCUT2D eigenvalue weighted by atomic mass is 35.5. The van der Waals surface area contributed by atoms with Crippen molar-refractivity contribution in [3.05, 3.63) is 94.0 Å². The molecule has 0 heterocycles. The van der Waals surface area contributed by atoms with Crippen molar-refractivity contribution in [3.63, 3.8) is 0 Å². The molecule has 0 aliphatic rings. The highest BCUT2D eigenvalue weighted by Gasteiger charge is 2.35. The van der Waals surface area contributed by atoms with Gasteiger partial charge in [0.2, 0.25) is 15.9 Å². The number of amides is 1. The van der Waals surface area contributed by atoms with Crippen molar-refractivity contribution in [3.8, 4) is 0 Å². The van der Waals surface area contributed by atoms with E-state index in [1.807, 2.05) is 0 Å². The summed E-state index contributed by atoms with van der Waals surface area (Å²) in [6.45, 7) is -0.922. The van der Waals surface area contributed by atoms with Crippen LogP contribution in [0.3, 0.4) is 0 Å². The topological polar surface area (TPSA) is 66.5 Å². The number of hydrogen-bond acceptors (Lipinski definition) is 3. The first-order valence-corrected chi connectivity index (χ1v) is 11.6. The number of nitrogens with one attached hydrogen (secondary N) is 1. The first-order chi connectivity index (χ1) is 15.5. The van der Waals surface area contributed by atoms with Crippen LogP contribution in [0.25, 0.3) is 0 Å². The molecular formula is C22H17Cl2F3N2O3S. The maximum atomic E-state index is 13.3. The molecule has 0 aliphatic heterocycles. The molecule has 0 atom stereocenters. The minimum Gasteiger partial charge on any atom is -0.324 e. The quantitative estimate of drug-likeness (QED) is 0.428. The number of hydrogen-bond donors (Lipinski definition) is 1. The van der Waals surface area contributed by atoms with Crippen LogP contribution in [0.5, 0.6) is 0 Å². The maximum absolute atomic E-state index is 13.3. The van der Waals surface area contributed by atoms with Gasteiger partial charge in [0.1, 0.15) is 0 Å². The molecule has 1 amide bonds. The van der Waals surface area contributed by atoms with Gasteiger partial charge in [0.25, 0.3) is 0 Å². The van der Waals surface area contributed by atoms with E-state index in [2.05, 4.69) is 5.32 Å². The Morgan fingerprint density at radius 1 is 0.909 bits per heavy atom. The van der Waals surface area contributed by atoms with Crippen molar-refractivity contribution in [1.29, 1.82) is 0 Å². The Bertz CT molecular complexity index is 1240. The minimum atomic E-state index is -4.77. The Morgan fingerprint density at radius 3 is 2.12 bits per heavy atom. The normalized spacial score (nSPS) is 12.1. The zero-order valence-electron chi connectivity index (χ0n) is 16.8. The predicted octanol–water partition coefficient (Wildman–Crippen LogP) is 5.84. The number of rotatable bonds is 7. The monoisotopic (exact) mass is 516 g/mol. The summed E-state index contributed by atoms with van der Waals surface area (Å²) in [6, 6.07) is 16.6. The van der Waals surface area contributed by atoms with Crippen molar-refractivity contribution in [2.45, 2.75) is 17.6 Å². The van der Waals surface area contributed by atoms with Gasteiger partial charge in [-0.1, -0.05) is 53.5 Å². The first-order valence-electron chi connectivity index (χ1n) is 9.43. The van der Waals surface area contributed by atoms with Gasteiger partial charge in [-0.05, 0) is 48.0 Å².